The zero-order chi connectivity index (χ0) is 17.2. The molecular weight excluding hydrogens is 318 g/mol. The minimum absolute atomic E-state index is 0.0186. The number of carbonyl (C=O) groups excluding carboxylic acids is 2. The number of rotatable bonds is 4. The molecule has 0 aromatic heterocycles. The molecule has 0 saturated carbocycles. The van der Waals surface area contributed by atoms with Gasteiger partial charge in [0.05, 0.1) is 4.90 Å². The molecule has 126 valence electrons. The summed E-state index contributed by atoms with van der Waals surface area (Å²) in [7, 11) is -3.75. The molecule has 0 spiro atoms. The van der Waals surface area contributed by atoms with Crippen LogP contribution in [0.1, 0.15) is 24.2 Å². The molecule has 1 fully saturated rings. The van der Waals surface area contributed by atoms with Crippen molar-refractivity contribution in [2.45, 2.75) is 30.8 Å². The molecule has 1 aliphatic rings. The molecule has 1 heterocycles. The van der Waals surface area contributed by atoms with E-state index in [1.54, 1.807) is 4.90 Å². The van der Waals surface area contributed by atoms with Gasteiger partial charge >= 0.3 is 0 Å². The summed E-state index contributed by atoms with van der Waals surface area (Å²) in [5.74, 6) is -1.79. The number of nitrogens with one attached hydrogen (secondary N) is 1. The standard InChI is InChI=1S/C15H21N3O4S/c1-10-7-18(8-11(2)17-10)15(20)12-3-5-13(6-4-12)23(21,22)9-14(16)19/h3-6,10-11,17H,7-9H2,1-2H3,(H2,16,19)/t10-,11+. The topological polar surface area (TPSA) is 110 Å². The molecule has 2 rings (SSSR count). The maximum Gasteiger partial charge on any atom is 0.253 e. The quantitative estimate of drug-likeness (QED) is 0.787. The van der Waals surface area contributed by atoms with Gasteiger partial charge in [-0.3, -0.25) is 9.59 Å². The van der Waals surface area contributed by atoms with Crippen LogP contribution in [0.15, 0.2) is 29.2 Å². The van der Waals surface area contributed by atoms with Gasteiger partial charge in [-0.15, -0.1) is 0 Å². The van der Waals surface area contributed by atoms with Crippen molar-refractivity contribution in [3.05, 3.63) is 29.8 Å². The second kappa shape index (κ2) is 6.67. The first-order valence-electron chi connectivity index (χ1n) is 7.35. The van der Waals surface area contributed by atoms with Gasteiger partial charge < -0.3 is 16.0 Å². The maximum atomic E-state index is 12.5. The van der Waals surface area contributed by atoms with E-state index in [-0.39, 0.29) is 22.9 Å². The summed E-state index contributed by atoms with van der Waals surface area (Å²) < 4.78 is 23.8. The van der Waals surface area contributed by atoms with E-state index in [1.165, 1.54) is 24.3 Å². The van der Waals surface area contributed by atoms with E-state index < -0.39 is 21.5 Å². The Hall–Kier alpha value is -1.93. The van der Waals surface area contributed by atoms with Crippen LogP contribution in [-0.2, 0) is 14.6 Å². The van der Waals surface area contributed by atoms with Crippen LogP contribution in [-0.4, -0.2) is 56.1 Å². The minimum atomic E-state index is -3.75. The lowest BCUT2D eigenvalue weighted by atomic mass is 10.1. The smallest absolute Gasteiger partial charge is 0.253 e. The van der Waals surface area contributed by atoms with E-state index in [4.69, 9.17) is 5.73 Å². The zero-order valence-electron chi connectivity index (χ0n) is 13.2. The molecular formula is C15H21N3O4S. The Morgan fingerprint density at radius 3 is 2.17 bits per heavy atom. The summed E-state index contributed by atoms with van der Waals surface area (Å²) in [5, 5.41) is 3.35. The van der Waals surface area contributed by atoms with Crippen LogP contribution >= 0.6 is 0 Å². The van der Waals surface area contributed by atoms with Gasteiger partial charge in [-0.25, -0.2) is 8.42 Å². The number of primary amides is 1. The molecule has 7 nitrogen and oxygen atoms in total. The largest absolute Gasteiger partial charge is 0.369 e. The van der Waals surface area contributed by atoms with Gasteiger partial charge in [-0.2, -0.15) is 0 Å². The summed E-state index contributed by atoms with van der Waals surface area (Å²) in [6.45, 7) is 5.22. The molecule has 1 aromatic rings. The van der Waals surface area contributed by atoms with Crippen LogP contribution in [0, 0.1) is 0 Å². The van der Waals surface area contributed by atoms with Crippen molar-refractivity contribution in [1.29, 1.82) is 0 Å². The minimum Gasteiger partial charge on any atom is -0.369 e. The Bertz CT molecular complexity index is 690. The Morgan fingerprint density at radius 2 is 1.70 bits per heavy atom. The number of benzene rings is 1. The number of nitrogens with zero attached hydrogens (tertiary/aromatic N) is 1. The first-order chi connectivity index (χ1) is 10.7. The highest BCUT2D eigenvalue weighted by Crippen LogP contribution is 2.15. The lowest BCUT2D eigenvalue weighted by molar-refractivity contribution is -0.115. The van der Waals surface area contributed by atoms with Crippen LogP contribution in [0.25, 0.3) is 0 Å². The fourth-order valence-corrected chi connectivity index (χ4v) is 3.84. The van der Waals surface area contributed by atoms with Gasteiger partial charge in [0.2, 0.25) is 5.91 Å². The summed E-state index contributed by atoms with van der Waals surface area (Å²) in [6, 6.07) is 6.01. The number of carbonyl (C=O) groups is 2. The summed E-state index contributed by atoms with van der Waals surface area (Å²) in [5.41, 5.74) is 5.35. The van der Waals surface area contributed by atoms with Gasteiger partial charge in [-0.05, 0) is 38.1 Å². The van der Waals surface area contributed by atoms with Crippen LogP contribution < -0.4 is 11.1 Å². The molecule has 0 bridgehead atoms. The van der Waals surface area contributed by atoms with Crippen molar-refractivity contribution >= 4 is 21.7 Å². The molecule has 1 aromatic carbocycles. The van der Waals surface area contributed by atoms with Crippen molar-refractivity contribution < 1.29 is 18.0 Å². The molecule has 0 unspecified atom stereocenters. The molecule has 1 aliphatic heterocycles. The van der Waals surface area contributed by atoms with E-state index >= 15 is 0 Å². The van der Waals surface area contributed by atoms with E-state index in [0.29, 0.717) is 18.7 Å². The third kappa shape index (κ3) is 4.29. The Balaban J connectivity index is 2.16. The van der Waals surface area contributed by atoms with Crippen molar-refractivity contribution in [3.8, 4) is 0 Å². The summed E-state index contributed by atoms with van der Waals surface area (Å²) in [4.78, 5) is 25.0. The van der Waals surface area contributed by atoms with E-state index in [2.05, 4.69) is 5.32 Å². The monoisotopic (exact) mass is 339 g/mol. The number of piperazine rings is 1. The molecule has 0 aliphatic carbocycles. The first-order valence-corrected chi connectivity index (χ1v) is 9.00. The molecule has 23 heavy (non-hydrogen) atoms. The number of hydrogen-bond donors (Lipinski definition) is 2. The maximum absolute atomic E-state index is 12.5. The lowest BCUT2D eigenvalue weighted by Crippen LogP contribution is -2.55. The zero-order valence-corrected chi connectivity index (χ0v) is 14.0. The summed E-state index contributed by atoms with van der Waals surface area (Å²) in [6.07, 6.45) is 0. The highest BCUT2D eigenvalue weighted by atomic mass is 32.2. The fourth-order valence-electron chi connectivity index (χ4n) is 2.75. The molecule has 2 amide bonds. The fraction of sp³-hybridized carbons (Fsp3) is 0.467. The van der Waals surface area contributed by atoms with Crippen molar-refractivity contribution in [3.63, 3.8) is 0 Å². The van der Waals surface area contributed by atoms with Gasteiger partial charge in [0.25, 0.3) is 5.91 Å². The Labute approximate surface area is 135 Å². The lowest BCUT2D eigenvalue weighted by Gasteiger charge is -2.36. The molecule has 3 N–H and O–H groups in total. The van der Waals surface area contributed by atoms with Gasteiger partial charge in [0.15, 0.2) is 9.84 Å². The SMILES string of the molecule is C[C@@H]1CN(C(=O)c2ccc(S(=O)(=O)CC(N)=O)cc2)C[C@H](C)N1. The Morgan fingerprint density at radius 1 is 1.17 bits per heavy atom. The molecule has 8 heteroatoms. The van der Waals surface area contributed by atoms with Crippen molar-refractivity contribution in [1.82, 2.24) is 10.2 Å². The second-order valence-electron chi connectivity index (χ2n) is 5.93. The number of nitrogens with two attached hydrogens (primary N) is 1. The average molecular weight is 339 g/mol. The number of sulfone groups is 1. The van der Waals surface area contributed by atoms with Crippen LogP contribution in [0.5, 0.6) is 0 Å². The highest BCUT2D eigenvalue weighted by Gasteiger charge is 2.26. The molecule has 1 saturated heterocycles. The molecule has 0 radical (unpaired) electrons. The third-order valence-corrected chi connectivity index (χ3v) is 5.29. The Kier molecular flexibility index (Phi) is 5.06. The predicted octanol–water partition coefficient (Wildman–Crippen LogP) is -0.232. The normalized spacial score (nSPS) is 21.9. The third-order valence-electron chi connectivity index (χ3n) is 3.64. The van der Waals surface area contributed by atoms with Crippen LogP contribution in [0.2, 0.25) is 0 Å². The first kappa shape index (κ1) is 17.4. The number of hydrogen-bond acceptors (Lipinski definition) is 5. The highest BCUT2D eigenvalue weighted by molar-refractivity contribution is 7.92. The average Bonchev–Trinajstić information content (AvgIpc) is 2.44. The van der Waals surface area contributed by atoms with E-state index in [1.807, 2.05) is 13.8 Å². The van der Waals surface area contributed by atoms with Gasteiger partial charge in [-0.1, -0.05) is 0 Å². The number of amides is 2. The van der Waals surface area contributed by atoms with E-state index in [9.17, 15) is 18.0 Å². The van der Waals surface area contributed by atoms with Crippen LogP contribution in [0.3, 0.4) is 0 Å². The van der Waals surface area contributed by atoms with Crippen molar-refractivity contribution in [2.75, 3.05) is 18.8 Å². The summed E-state index contributed by atoms with van der Waals surface area (Å²) >= 11 is 0. The molecule has 2 atom stereocenters. The van der Waals surface area contributed by atoms with Gasteiger partial charge in [0.1, 0.15) is 5.75 Å². The van der Waals surface area contributed by atoms with Gasteiger partial charge in [0, 0.05) is 30.7 Å². The predicted molar refractivity (Wildman–Crippen MR) is 85.7 cm³/mol. The van der Waals surface area contributed by atoms with Crippen molar-refractivity contribution in [2.24, 2.45) is 5.73 Å². The van der Waals surface area contributed by atoms with E-state index in [0.717, 1.165) is 0 Å². The van der Waals surface area contributed by atoms with Crippen LogP contribution in [0.4, 0.5) is 0 Å². The second-order valence-corrected chi connectivity index (χ2v) is 7.92.